The minimum Gasteiger partial charge on any atom is -0.481 e. The highest BCUT2D eigenvalue weighted by molar-refractivity contribution is 7.99. The molecule has 0 saturated carbocycles. The van der Waals surface area contributed by atoms with Gasteiger partial charge in [-0.1, -0.05) is 30.8 Å². The first kappa shape index (κ1) is 14.5. The van der Waals surface area contributed by atoms with Gasteiger partial charge in [-0.3, -0.25) is 4.79 Å². The Balaban J connectivity index is 2.16. The highest BCUT2D eigenvalue weighted by Gasteiger charge is 2.05. The maximum Gasteiger partial charge on any atom is 0.307 e. The quantitative estimate of drug-likeness (QED) is 0.825. The smallest absolute Gasteiger partial charge is 0.307 e. The fraction of sp³-hybridized carbons (Fsp3) is 0.188. The summed E-state index contributed by atoms with van der Waals surface area (Å²) in [4.78, 5) is 12.9. The molecule has 20 heavy (non-hydrogen) atoms. The number of nitrogen functional groups attached to an aromatic ring is 1. The first-order valence-corrected chi connectivity index (χ1v) is 7.27. The number of carboxylic acids is 1. The van der Waals surface area contributed by atoms with Crippen LogP contribution in [0, 0.1) is 0 Å². The molecular formula is C16H17NO2S. The van der Waals surface area contributed by atoms with E-state index in [1.165, 1.54) is 10.5 Å². The van der Waals surface area contributed by atoms with Gasteiger partial charge in [-0.05, 0) is 47.9 Å². The number of hydrogen-bond acceptors (Lipinski definition) is 3. The first-order chi connectivity index (χ1) is 9.58. The van der Waals surface area contributed by atoms with E-state index < -0.39 is 5.97 Å². The zero-order chi connectivity index (χ0) is 14.5. The van der Waals surface area contributed by atoms with Crippen molar-refractivity contribution in [1.29, 1.82) is 0 Å². The van der Waals surface area contributed by atoms with Crippen LogP contribution >= 0.6 is 11.8 Å². The SMILES string of the molecule is CCc1cc(N)ccc1Sc1ccc(CC(=O)O)cc1. The van der Waals surface area contributed by atoms with Crippen LogP contribution < -0.4 is 5.73 Å². The topological polar surface area (TPSA) is 63.3 Å². The molecule has 0 amide bonds. The van der Waals surface area contributed by atoms with Crippen LogP contribution in [0.1, 0.15) is 18.1 Å². The lowest BCUT2D eigenvalue weighted by Gasteiger charge is -2.09. The standard InChI is InChI=1S/C16H17NO2S/c1-2-12-10-13(17)5-8-15(12)20-14-6-3-11(4-7-14)9-16(18)19/h3-8,10H,2,9,17H2,1H3,(H,18,19). The first-order valence-electron chi connectivity index (χ1n) is 6.45. The van der Waals surface area contributed by atoms with Gasteiger partial charge in [0.2, 0.25) is 0 Å². The highest BCUT2D eigenvalue weighted by atomic mass is 32.2. The molecule has 2 aromatic carbocycles. The number of hydrogen-bond donors (Lipinski definition) is 2. The molecule has 0 aliphatic carbocycles. The third-order valence-electron chi connectivity index (χ3n) is 2.97. The third kappa shape index (κ3) is 3.78. The fourth-order valence-electron chi connectivity index (χ4n) is 1.95. The average molecular weight is 287 g/mol. The van der Waals surface area contributed by atoms with E-state index in [9.17, 15) is 4.79 Å². The summed E-state index contributed by atoms with van der Waals surface area (Å²) in [6.07, 6.45) is 0.998. The fourth-order valence-corrected chi connectivity index (χ4v) is 2.95. The number of benzene rings is 2. The van der Waals surface area contributed by atoms with Crippen LogP contribution in [-0.2, 0) is 17.6 Å². The van der Waals surface area contributed by atoms with Gasteiger partial charge in [-0.25, -0.2) is 0 Å². The Morgan fingerprint density at radius 1 is 1.20 bits per heavy atom. The molecule has 3 N–H and O–H groups in total. The Hall–Kier alpha value is -1.94. The molecule has 0 fully saturated rings. The van der Waals surface area contributed by atoms with Crippen LogP contribution in [-0.4, -0.2) is 11.1 Å². The minimum absolute atomic E-state index is 0.0625. The zero-order valence-corrected chi connectivity index (χ0v) is 12.1. The number of aryl methyl sites for hydroxylation is 1. The molecule has 0 unspecified atom stereocenters. The second-order valence-electron chi connectivity index (χ2n) is 4.54. The molecule has 3 nitrogen and oxygen atoms in total. The van der Waals surface area contributed by atoms with Gasteiger partial charge in [-0.2, -0.15) is 0 Å². The Morgan fingerprint density at radius 2 is 1.90 bits per heavy atom. The van der Waals surface area contributed by atoms with Crippen molar-refractivity contribution >= 4 is 23.4 Å². The Bertz CT molecular complexity index is 608. The molecule has 2 aromatic rings. The normalized spacial score (nSPS) is 10.4. The van der Waals surface area contributed by atoms with Crippen LogP contribution in [0.4, 0.5) is 5.69 Å². The van der Waals surface area contributed by atoms with Gasteiger partial charge < -0.3 is 10.8 Å². The second kappa shape index (κ2) is 6.48. The van der Waals surface area contributed by atoms with E-state index in [1.807, 2.05) is 42.5 Å². The lowest BCUT2D eigenvalue weighted by atomic mass is 10.1. The Kier molecular flexibility index (Phi) is 4.69. The minimum atomic E-state index is -0.808. The molecule has 0 aliphatic heterocycles. The number of aliphatic carboxylic acids is 1. The van der Waals surface area contributed by atoms with E-state index in [4.69, 9.17) is 10.8 Å². The highest BCUT2D eigenvalue weighted by Crippen LogP contribution is 2.32. The van der Waals surface area contributed by atoms with Gasteiger partial charge >= 0.3 is 5.97 Å². The van der Waals surface area contributed by atoms with E-state index in [2.05, 4.69) is 6.92 Å². The van der Waals surface area contributed by atoms with Gasteiger partial charge in [-0.15, -0.1) is 0 Å². The molecule has 0 spiro atoms. The van der Waals surface area contributed by atoms with Crippen LogP contribution in [0.2, 0.25) is 0 Å². The van der Waals surface area contributed by atoms with Crippen molar-refractivity contribution in [3.8, 4) is 0 Å². The van der Waals surface area contributed by atoms with E-state index >= 15 is 0 Å². The molecule has 0 bridgehead atoms. The predicted octanol–water partition coefficient (Wildman–Crippen LogP) is 3.61. The van der Waals surface area contributed by atoms with Crippen molar-refractivity contribution in [1.82, 2.24) is 0 Å². The summed E-state index contributed by atoms with van der Waals surface area (Å²) >= 11 is 1.67. The van der Waals surface area contributed by atoms with E-state index in [1.54, 1.807) is 11.8 Å². The summed E-state index contributed by atoms with van der Waals surface area (Å²) in [7, 11) is 0. The molecule has 104 valence electrons. The van der Waals surface area contributed by atoms with E-state index in [0.717, 1.165) is 22.6 Å². The number of rotatable bonds is 5. The lowest BCUT2D eigenvalue weighted by molar-refractivity contribution is -0.136. The maximum absolute atomic E-state index is 10.6. The van der Waals surface area contributed by atoms with Gasteiger partial charge in [0.05, 0.1) is 6.42 Å². The van der Waals surface area contributed by atoms with Gasteiger partial charge in [0.1, 0.15) is 0 Å². The molecule has 0 heterocycles. The van der Waals surface area contributed by atoms with Gasteiger partial charge in [0, 0.05) is 15.5 Å². The summed E-state index contributed by atoms with van der Waals surface area (Å²) in [6.45, 7) is 2.11. The number of carbonyl (C=O) groups is 1. The van der Waals surface area contributed by atoms with Crippen LogP contribution in [0.5, 0.6) is 0 Å². The summed E-state index contributed by atoms with van der Waals surface area (Å²) in [5.41, 5.74) is 8.62. The summed E-state index contributed by atoms with van der Waals surface area (Å²) in [5.74, 6) is -0.808. The van der Waals surface area contributed by atoms with E-state index in [0.29, 0.717) is 0 Å². The number of anilines is 1. The predicted molar refractivity (Wildman–Crippen MR) is 82.1 cm³/mol. The van der Waals surface area contributed by atoms with E-state index in [-0.39, 0.29) is 6.42 Å². The second-order valence-corrected chi connectivity index (χ2v) is 5.65. The molecular weight excluding hydrogens is 270 g/mol. The molecule has 0 radical (unpaired) electrons. The monoisotopic (exact) mass is 287 g/mol. The Labute approximate surface area is 122 Å². The van der Waals surface area contributed by atoms with Crippen molar-refractivity contribution in [3.05, 3.63) is 53.6 Å². The van der Waals surface area contributed by atoms with Crippen molar-refractivity contribution in [2.75, 3.05) is 5.73 Å². The molecule has 0 saturated heterocycles. The average Bonchev–Trinajstić information content (AvgIpc) is 2.42. The Morgan fingerprint density at radius 3 is 2.50 bits per heavy atom. The van der Waals surface area contributed by atoms with Gasteiger partial charge in [0.25, 0.3) is 0 Å². The van der Waals surface area contributed by atoms with Crippen molar-refractivity contribution < 1.29 is 9.90 Å². The molecule has 4 heteroatoms. The zero-order valence-electron chi connectivity index (χ0n) is 11.3. The van der Waals surface area contributed by atoms with Crippen LogP contribution in [0.3, 0.4) is 0 Å². The maximum atomic E-state index is 10.6. The molecule has 0 aromatic heterocycles. The lowest BCUT2D eigenvalue weighted by Crippen LogP contribution is -1.99. The summed E-state index contributed by atoms with van der Waals surface area (Å²) in [5, 5.41) is 8.75. The summed E-state index contributed by atoms with van der Waals surface area (Å²) in [6, 6.07) is 13.6. The van der Waals surface area contributed by atoms with Gasteiger partial charge in [0.15, 0.2) is 0 Å². The largest absolute Gasteiger partial charge is 0.481 e. The van der Waals surface area contributed by atoms with Crippen molar-refractivity contribution in [2.24, 2.45) is 0 Å². The number of carboxylic acid groups (broad SMARTS) is 1. The van der Waals surface area contributed by atoms with Crippen molar-refractivity contribution in [3.63, 3.8) is 0 Å². The molecule has 0 aliphatic rings. The molecule has 0 atom stereocenters. The van der Waals surface area contributed by atoms with Crippen LogP contribution in [0.25, 0.3) is 0 Å². The van der Waals surface area contributed by atoms with Crippen molar-refractivity contribution in [2.45, 2.75) is 29.6 Å². The summed E-state index contributed by atoms with van der Waals surface area (Å²) < 4.78 is 0. The molecule has 2 rings (SSSR count). The third-order valence-corrected chi connectivity index (χ3v) is 4.10. The number of nitrogens with two attached hydrogens (primary N) is 1. The van der Waals surface area contributed by atoms with Crippen LogP contribution in [0.15, 0.2) is 52.3 Å².